The summed E-state index contributed by atoms with van der Waals surface area (Å²) < 4.78 is 167. The monoisotopic (exact) mass is 1980 g/mol. The van der Waals surface area contributed by atoms with E-state index in [-0.39, 0.29) is 75.2 Å². The summed E-state index contributed by atoms with van der Waals surface area (Å²) in [4.78, 5) is 57.5. The van der Waals surface area contributed by atoms with Crippen molar-refractivity contribution in [1.29, 1.82) is 0 Å². The summed E-state index contributed by atoms with van der Waals surface area (Å²) in [6, 6.07) is 69.7. The number of hydrogen-bond donors (Lipinski definition) is 0. The highest BCUT2D eigenvalue weighted by Crippen LogP contribution is 2.37. The second kappa shape index (κ2) is 41.1. The third kappa shape index (κ3) is 23.1. The molecular formula is C101H89BrClF2N9O17S4. The quantitative estimate of drug-likeness (QED) is 0.0403. The lowest BCUT2D eigenvalue weighted by Gasteiger charge is -2.27. The smallest absolute Gasteiger partial charge is 0.231 e. The molecule has 9 aromatic carbocycles. The Bertz CT molecular complexity index is 7820. The first-order valence-corrected chi connectivity index (χ1v) is 50.8. The minimum atomic E-state index is -3.90. The molecule has 0 unspecified atom stereocenters. The van der Waals surface area contributed by atoms with Crippen molar-refractivity contribution in [2.45, 2.75) is 111 Å². The molecule has 17 aromatic rings. The molecule has 0 atom stereocenters. The lowest BCUT2D eigenvalue weighted by atomic mass is 10.0. The number of halogens is 4. The molecule has 19 rings (SSSR count). The number of anilines is 1. The number of hydrogen-bond acceptors (Lipinski definition) is 22. The first-order valence-electron chi connectivity index (χ1n) is 43.0. The minimum Gasteiger partial charge on any atom is -0.454 e. The van der Waals surface area contributed by atoms with E-state index in [1.54, 1.807) is 158 Å². The number of Topliss-reactive ketones (excluding diaryl/α,β-unsaturated/α-hetero) is 4. The molecule has 26 nitrogen and oxygen atoms in total. The SMILES string of the molecule is Cc1cc(CC(=O)CS(=O)(=O)c2cn(Cc3ccc(F)c(Cl)c3)c3ccccc23)no1.Cc1cc(CC(=O)CS(=O)(=O)c2cn(Cc3ccc4c(c3)OCO4)c3ccccc23)no1.Cc1cc(CC(=O)CS(=O)(=O)c2cn(Cc3cccc(-c4ccc(N5CCCCC5)nc4)c3)c3ccccc23)no1.O=C(Cc1ccccc1)CS(=O)(=O)c1cn(Cc2cc(Br)ccc2F)c2ccccc12. The van der Waals surface area contributed by atoms with E-state index in [0.717, 1.165) is 62.2 Å². The van der Waals surface area contributed by atoms with Gasteiger partial charge in [-0.05, 0) is 153 Å². The molecule has 1 saturated heterocycles. The molecule has 2 aliphatic rings. The fourth-order valence-corrected chi connectivity index (χ4v) is 23.0. The van der Waals surface area contributed by atoms with E-state index in [0.29, 0.717) is 109 Å². The highest BCUT2D eigenvalue weighted by molar-refractivity contribution is 9.10. The number of nitrogens with zero attached hydrogens (tertiary/aromatic N) is 9. The van der Waals surface area contributed by atoms with Gasteiger partial charge in [-0.25, -0.2) is 47.4 Å². The Kier molecular flexibility index (Phi) is 28.8. The third-order valence-corrected chi connectivity index (χ3v) is 30.3. The molecule has 10 heterocycles. The van der Waals surface area contributed by atoms with Crippen LogP contribution in [0.15, 0.2) is 305 Å². The van der Waals surface area contributed by atoms with Gasteiger partial charge in [0.1, 0.15) is 57.7 Å². The maximum absolute atomic E-state index is 14.3. The van der Waals surface area contributed by atoms with Crippen molar-refractivity contribution in [1.82, 2.24) is 38.7 Å². The van der Waals surface area contributed by atoms with Gasteiger partial charge >= 0.3 is 0 Å². The second-order valence-electron chi connectivity index (χ2n) is 33.0. The van der Waals surface area contributed by atoms with E-state index in [1.165, 1.54) is 49.9 Å². The van der Waals surface area contributed by atoms with Crippen LogP contribution in [0, 0.1) is 32.4 Å². The van der Waals surface area contributed by atoms with Crippen molar-refractivity contribution in [3.8, 4) is 22.6 Å². The Morgan fingerprint density at radius 3 is 1.22 bits per heavy atom. The largest absolute Gasteiger partial charge is 0.454 e. The molecule has 0 spiro atoms. The molecule has 0 amide bonds. The number of carbonyl (C=O) groups excluding carboxylic acids is 4. The lowest BCUT2D eigenvalue weighted by molar-refractivity contribution is -0.117. The maximum Gasteiger partial charge on any atom is 0.231 e. The first kappa shape index (κ1) is 94.6. The van der Waals surface area contributed by atoms with Gasteiger partial charge in [0, 0.05) is 148 Å². The Morgan fingerprint density at radius 2 is 0.785 bits per heavy atom. The van der Waals surface area contributed by atoms with Crippen LogP contribution in [0.3, 0.4) is 0 Å². The Balaban J connectivity index is 0.000000132. The van der Waals surface area contributed by atoms with Crippen LogP contribution in [0.2, 0.25) is 5.02 Å². The van der Waals surface area contributed by atoms with Gasteiger partial charge in [-0.1, -0.05) is 176 Å². The van der Waals surface area contributed by atoms with Crippen LogP contribution in [0.1, 0.15) is 81.4 Å². The minimum absolute atomic E-state index is 0.00417. The molecule has 2 aliphatic heterocycles. The van der Waals surface area contributed by atoms with Crippen molar-refractivity contribution in [3.63, 3.8) is 0 Å². The fourth-order valence-electron chi connectivity index (χ4n) is 16.5. The highest BCUT2D eigenvalue weighted by atomic mass is 79.9. The molecule has 135 heavy (non-hydrogen) atoms. The summed E-state index contributed by atoms with van der Waals surface area (Å²) >= 11 is 9.21. The molecule has 8 aromatic heterocycles. The number of aryl methyl sites for hydroxylation is 3. The van der Waals surface area contributed by atoms with Gasteiger partial charge < -0.3 is 46.2 Å². The van der Waals surface area contributed by atoms with Crippen molar-refractivity contribution in [2.24, 2.45) is 0 Å². The van der Waals surface area contributed by atoms with Gasteiger partial charge in [0.2, 0.25) is 6.79 Å². The predicted molar refractivity (Wildman–Crippen MR) is 511 cm³/mol. The van der Waals surface area contributed by atoms with Gasteiger partial charge in [-0.15, -0.1) is 0 Å². The second-order valence-corrected chi connectivity index (χ2v) is 42.2. The lowest BCUT2D eigenvalue weighted by Crippen LogP contribution is -2.29. The number of sulfone groups is 4. The number of fused-ring (bicyclic) bond motifs is 5. The van der Waals surface area contributed by atoms with Crippen LogP contribution >= 0.6 is 27.5 Å². The highest BCUT2D eigenvalue weighted by Gasteiger charge is 2.31. The van der Waals surface area contributed by atoms with Crippen molar-refractivity contribution >= 4 is 139 Å². The molecule has 1 fully saturated rings. The zero-order chi connectivity index (χ0) is 94.9. The van der Waals surface area contributed by atoms with Crippen molar-refractivity contribution < 1.29 is 84.7 Å². The van der Waals surface area contributed by atoms with Gasteiger partial charge in [0.15, 0.2) is 74.0 Å². The van der Waals surface area contributed by atoms with Crippen molar-refractivity contribution in [3.05, 3.63) is 351 Å². The molecular weight excluding hydrogens is 1890 g/mol. The fraction of sp³-hybridized carbons (Fsp3) is 0.208. The Hall–Kier alpha value is -13.6. The summed E-state index contributed by atoms with van der Waals surface area (Å²) in [5, 5.41) is 13.5. The number of benzene rings is 9. The number of ether oxygens (including phenoxy) is 2. The van der Waals surface area contributed by atoms with E-state index in [2.05, 4.69) is 60.6 Å². The van der Waals surface area contributed by atoms with E-state index in [4.69, 9.17) is 39.6 Å². The molecule has 692 valence electrons. The van der Waals surface area contributed by atoms with Gasteiger partial charge in [-0.2, -0.15) is 0 Å². The van der Waals surface area contributed by atoms with Crippen LogP contribution in [0.25, 0.3) is 54.7 Å². The summed E-state index contributed by atoms with van der Waals surface area (Å²) in [5.41, 5.74) is 10.1. The zero-order valence-corrected chi connectivity index (χ0v) is 78.8. The Labute approximate surface area is 789 Å². The average Bonchev–Trinajstić information content (AvgIpc) is 1.63. The molecule has 0 bridgehead atoms. The summed E-state index contributed by atoms with van der Waals surface area (Å²) in [6.07, 6.45) is 11.6. The molecule has 34 heteroatoms. The number of para-hydroxylation sites is 4. The molecule has 0 N–H and O–H groups in total. The van der Waals surface area contributed by atoms with Crippen LogP contribution < -0.4 is 14.4 Å². The van der Waals surface area contributed by atoms with Crippen LogP contribution in [-0.4, -0.2) is 138 Å². The van der Waals surface area contributed by atoms with Crippen LogP contribution in [0.5, 0.6) is 11.5 Å². The molecule has 0 saturated carbocycles. The van der Waals surface area contributed by atoms with Gasteiger partial charge in [0.05, 0.1) is 67.5 Å². The van der Waals surface area contributed by atoms with Crippen LogP contribution in [0.4, 0.5) is 14.6 Å². The van der Waals surface area contributed by atoms with Crippen molar-refractivity contribution in [2.75, 3.05) is 47.8 Å². The molecule has 0 aliphatic carbocycles. The summed E-state index contributed by atoms with van der Waals surface area (Å²) in [5.74, 6) is -0.954. The normalized spacial score (nSPS) is 12.7. The predicted octanol–water partition coefficient (Wildman–Crippen LogP) is 18.5. The van der Waals surface area contributed by atoms with E-state index >= 15 is 0 Å². The number of aromatic nitrogens is 8. The standard InChI is InChI=1S/C32H32N4O4S.C24H19BrFNO3S.C23H20N2O6S.C22H18ClFN2O4S/c1-23-16-27(34-40-23)18-28(37)22-41(38,39)31-21-36(30-11-4-3-10-29(30)31)20-24-8-7-9-25(17-24)26-12-13-32(33-19-26)35-14-5-2-6-15-35;25-19-10-11-22(26)18(13-19)14-27-15-24(21-8-4-5-9-23(21)27)31(29,30)16-20(28)12-17-6-2-1-3-7-17;1-15-8-17(24-31-15)10-18(26)13-32(27,28)23-12-25(20-5-3-2-4-19(20)23)11-16-6-7-21-22(9-16)30-14-29-21;1-14-8-16(25-30-14)10-17(27)13-31(28,29)22-12-26(21-5-3-2-4-18(21)22)11-15-6-7-20(24)19(23)9-15/h3-4,7-13,16-17,19,21H,2,5-6,14-15,18,20,22H2,1H3;1-11,13,15H,12,14,16H2;2-9,12H,10-11,13-14H2,1H3;2-9,12H,10-11,13H2,1H3. The number of piperidine rings is 1. The topological polar surface area (TPSA) is 337 Å². The van der Waals surface area contributed by atoms with Gasteiger partial charge in [0.25, 0.3) is 0 Å². The zero-order valence-electron chi connectivity index (χ0n) is 73.2. The van der Waals surface area contributed by atoms with E-state index < -0.39 is 85.5 Å². The average molecular weight is 1980 g/mol. The van der Waals surface area contributed by atoms with Gasteiger partial charge in [-0.3, -0.25) is 19.2 Å². The maximum atomic E-state index is 14.3. The third-order valence-electron chi connectivity index (χ3n) is 22.7. The van der Waals surface area contributed by atoms with E-state index in [9.17, 15) is 61.6 Å². The number of pyridine rings is 1. The van der Waals surface area contributed by atoms with Crippen LogP contribution in [-0.2, 0) is 110 Å². The summed E-state index contributed by atoms with van der Waals surface area (Å²) in [6.45, 7) is 8.82. The molecule has 0 radical (unpaired) electrons. The number of rotatable bonds is 30. The summed E-state index contributed by atoms with van der Waals surface area (Å²) in [7, 11) is -15.5. The number of carbonyl (C=O) groups is 4. The van der Waals surface area contributed by atoms with E-state index in [1.807, 2.05) is 94.2 Å². The number of ketones is 4. The Morgan fingerprint density at radius 1 is 0.385 bits per heavy atom. The first-order chi connectivity index (χ1) is 64.8.